The molecule has 26 heavy (non-hydrogen) atoms. The van der Waals surface area contributed by atoms with Crippen LogP contribution in [-0.4, -0.2) is 24.9 Å². The first kappa shape index (κ1) is 18.2. The maximum Gasteiger partial charge on any atom is 0.433 e. The molecule has 0 aliphatic rings. The topological polar surface area (TPSA) is 62.8 Å². The zero-order valence-electron chi connectivity index (χ0n) is 13.9. The zero-order valence-corrected chi connectivity index (χ0v) is 14.7. The van der Waals surface area contributed by atoms with Gasteiger partial charge in [0, 0.05) is 17.4 Å². The molecule has 3 aromatic rings. The number of aryl methyl sites for hydroxylation is 1. The Labute approximate surface area is 148 Å². The second-order valence-corrected chi connectivity index (χ2v) is 8.00. The Balaban J connectivity index is 2.21. The highest BCUT2D eigenvalue weighted by Crippen LogP contribution is 2.41. The van der Waals surface area contributed by atoms with E-state index < -0.39 is 21.7 Å². The Hall–Kier alpha value is -2.61. The number of alkyl halides is 3. The molecule has 0 saturated carbocycles. The van der Waals surface area contributed by atoms with Crippen LogP contribution in [-0.2, 0) is 16.0 Å². The number of rotatable bonds is 3. The number of hydrogen-bond acceptors (Lipinski definition) is 3. The Morgan fingerprint density at radius 3 is 2.19 bits per heavy atom. The van der Waals surface area contributed by atoms with E-state index in [0.29, 0.717) is 11.1 Å². The molecule has 0 aliphatic heterocycles. The van der Waals surface area contributed by atoms with E-state index in [2.05, 4.69) is 10.2 Å². The zero-order chi connectivity index (χ0) is 19.1. The molecule has 2 aromatic carbocycles. The highest BCUT2D eigenvalue weighted by atomic mass is 32.2. The van der Waals surface area contributed by atoms with Crippen LogP contribution in [0.15, 0.2) is 53.4 Å². The van der Waals surface area contributed by atoms with Crippen molar-refractivity contribution in [1.29, 1.82) is 0 Å². The molecule has 0 unspecified atom stereocenters. The largest absolute Gasteiger partial charge is 0.433 e. The van der Waals surface area contributed by atoms with Crippen LogP contribution in [0, 0.1) is 6.92 Å². The van der Waals surface area contributed by atoms with Crippen molar-refractivity contribution < 1.29 is 21.6 Å². The number of hydrogen-bond donors (Lipinski definition) is 1. The van der Waals surface area contributed by atoms with E-state index in [0.717, 1.165) is 11.8 Å². The SMILES string of the molecule is Cc1cccc(-c2c(-c3ccc(S(C)(=O)=O)cc3)n[nH]c2C(F)(F)F)c1. The van der Waals surface area contributed by atoms with Crippen LogP contribution in [0.1, 0.15) is 11.3 Å². The maximum atomic E-state index is 13.4. The summed E-state index contributed by atoms with van der Waals surface area (Å²) in [4.78, 5) is 0.0879. The first-order valence-corrected chi connectivity index (χ1v) is 9.49. The van der Waals surface area contributed by atoms with Gasteiger partial charge in [0.2, 0.25) is 0 Å². The average Bonchev–Trinajstić information content (AvgIpc) is 2.99. The minimum absolute atomic E-state index is 0.0618. The number of aromatic amines is 1. The fraction of sp³-hybridized carbons (Fsp3) is 0.167. The Kier molecular flexibility index (Phi) is 4.39. The van der Waals surface area contributed by atoms with Crippen molar-refractivity contribution in [2.45, 2.75) is 18.0 Å². The molecule has 0 bridgehead atoms. The van der Waals surface area contributed by atoms with Crippen LogP contribution >= 0.6 is 0 Å². The Morgan fingerprint density at radius 1 is 1.00 bits per heavy atom. The molecule has 1 aromatic heterocycles. The molecule has 1 heterocycles. The van der Waals surface area contributed by atoms with Crippen molar-refractivity contribution >= 4 is 9.84 Å². The smallest absolute Gasteiger partial charge is 0.272 e. The fourth-order valence-corrected chi connectivity index (χ4v) is 3.33. The summed E-state index contributed by atoms with van der Waals surface area (Å²) in [6.07, 6.45) is -3.53. The van der Waals surface area contributed by atoms with Gasteiger partial charge in [-0.25, -0.2) is 8.42 Å². The molecule has 136 valence electrons. The van der Waals surface area contributed by atoms with Gasteiger partial charge < -0.3 is 0 Å². The lowest BCUT2D eigenvalue weighted by Crippen LogP contribution is -2.07. The molecular weight excluding hydrogens is 365 g/mol. The predicted molar refractivity (Wildman–Crippen MR) is 92.3 cm³/mol. The highest BCUT2D eigenvalue weighted by Gasteiger charge is 2.38. The van der Waals surface area contributed by atoms with Gasteiger partial charge in [0.15, 0.2) is 9.84 Å². The minimum atomic E-state index is -4.60. The molecule has 0 spiro atoms. The predicted octanol–water partition coefficient (Wildman–Crippen LogP) is 4.47. The van der Waals surface area contributed by atoms with Crippen molar-refractivity contribution in [3.8, 4) is 22.4 Å². The maximum absolute atomic E-state index is 13.4. The summed E-state index contributed by atoms with van der Waals surface area (Å²) >= 11 is 0. The lowest BCUT2D eigenvalue weighted by Gasteiger charge is -2.10. The van der Waals surface area contributed by atoms with Crippen molar-refractivity contribution in [2.75, 3.05) is 6.26 Å². The third kappa shape index (κ3) is 3.50. The Bertz CT molecular complexity index is 1050. The van der Waals surface area contributed by atoms with E-state index in [1.807, 2.05) is 0 Å². The van der Waals surface area contributed by atoms with Gasteiger partial charge in [-0.1, -0.05) is 42.0 Å². The summed E-state index contributed by atoms with van der Waals surface area (Å²) < 4.78 is 63.4. The molecule has 1 N–H and O–H groups in total. The van der Waals surface area contributed by atoms with E-state index >= 15 is 0 Å². The number of H-pyrrole nitrogens is 1. The monoisotopic (exact) mass is 380 g/mol. The number of nitrogens with zero attached hydrogens (tertiary/aromatic N) is 1. The average molecular weight is 380 g/mol. The van der Waals surface area contributed by atoms with E-state index in [-0.39, 0.29) is 16.2 Å². The van der Waals surface area contributed by atoms with Crippen LogP contribution in [0.25, 0.3) is 22.4 Å². The molecular formula is C18H15F3N2O2S. The number of benzene rings is 2. The third-order valence-corrected chi connectivity index (χ3v) is 5.04. The van der Waals surface area contributed by atoms with E-state index in [9.17, 15) is 21.6 Å². The lowest BCUT2D eigenvalue weighted by atomic mass is 9.97. The van der Waals surface area contributed by atoms with Gasteiger partial charge in [0.1, 0.15) is 11.4 Å². The molecule has 4 nitrogen and oxygen atoms in total. The summed E-state index contributed by atoms with van der Waals surface area (Å²) in [6, 6.07) is 12.3. The van der Waals surface area contributed by atoms with E-state index in [4.69, 9.17) is 0 Å². The van der Waals surface area contributed by atoms with Crippen LogP contribution in [0.3, 0.4) is 0 Å². The first-order valence-electron chi connectivity index (χ1n) is 7.60. The lowest BCUT2D eigenvalue weighted by molar-refractivity contribution is -0.140. The molecule has 0 radical (unpaired) electrons. The van der Waals surface area contributed by atoms with Crippen molar-refractivity contribution in [3.63, 3.8) is 0 Å². The minimum Gasteiger partial charge on any atom is -0.272 e. The van der Waals surface area contributed by atoms with Crippen LogP contribution in [0.4, 0.5) is 13.2 Å². The van der Waals surface area contributed by atoms with Crippen molar-refractivity contribution in [1.82, 2.24) is 10.2 Å². The standard InChI is InChI=1S/C18H15F3N2O2S/c1-11-4-3-5-13(10-11)15-16(22-23-17(15)18(19,20)21)12-6-8-14(9-7-12)26(2,24)25/h3-10H,1-2H3,(H,22,23). The van der Waals surface area contributed by atoms with E-state index in [1.54, 1.807) is 31.2 Å². The molecule has 3 rings (SSSR count). The normalized spacial score (nSPS) is 12.3. The summed E-state index contributed by atoms with van der Waals surface area (Å²) in [5.41, 5.74) is 0.700. The number of aromatic nitrogens is 2. The number of halogens is 3. The van der Waals surface area contributed by atoms with Gasteiger partial charge in [-0.05, 0) is 24.6 Å². The second-order valence-electron chi connectivity index (χ2n) is 5.99. The quantitative estimate of drug-likeness (QED) is 0.729. The summed E-state index contributed by atoms with van der Waals surface area (Å²) in [6.45, 7) is 1.79. The Morgan fingerprint density at radius 2 is 1.65 bits per heavy atom. The molecule has 0 aliphatic carbocycles. The molecule has 0 atom stereocenters. The van der Waals surface area contributed by atoms with Crippen LogP contribution in [0.5, 0.6) is 0 Å². The van der Waals surface area contributed by atoms with Gasteiger partial charge in [0.05, 0.1) is 4.90 Å². The van der Waals surface area contributed by atoms with Gasteiger partial charge in [0.25, 0.3) is 0 Å². The summed E-state index contributed by atoms with van der Waals surface area (Å²) in [5.74, 6) is 0. The highest BCUT2D eigenvalue weighted by molar-refractivity contribution is 7.90. The van der Waals surface area contributed by atoms with Crippen LogP contribution < -0.4 is 0 Å². The molecule has 0 fully saturated rings. The molecule has 0 saturated heterocycles. The van der Waals surface area contributed by atoms with Crippen LogP contribution in [0.2, 0.25) is 0 Å². The number of sulfone groups is 1. The van der Waals surface area contributed by atoms with Gasteiger partial charge in [-0.3, -0.25) is 5.10 Å². The van der Waals surface area contributed by atoms with Crippen molar-refractivity contribution in [2.24, 2.45) is 0 Å². The summed E-state index contributed by atoms with van der Waals surface area (Å²) in [7, 11) is -3.40. The van der Waals surface area contributed by atoms with Gasteiger partial charge in [-0.15, -0.1) is 0 Å². The number of nitrogens with one attached hydrogen (secondary N) is 1. The molecule has 0 amide bonds. The van der Waals surface area contributed by atoms with E-state index in [1.165, 1.54) is 24.3 Å². The fourth-order valence-electron chi connectivity index (χ4n) is 2.70. The summed E-state index contributed by atoms with van der Waals surface area (Å²) in [5, 5.41) is 5.94. The molecule has 8 heteroatoms. The van der Waals surface area contributed by atoms with Crippen molar-refractivity contribution in [3.05, 3.63) is 59.8 Å². The van der Waals surface area contributed by atoms with Gasteiger partial charge in [-0.2, -0.15) is 18.3 Å². The third-order valence-electron chi connectivity index (χ3n) is 3.91. The van der Waals surface area contributed by atoms with Gasteiger partial charge >= 0.3 is 6.18 Å². The second kappa shape index (κ2) is 6.28. The first-order chi connectivity index (χ1) is 12.1.